The number of nitrogens with zero attached hydrogens (tertiary/aromatic N) is 1. The van der Waals surface area contributed by atoms with Gasteiger partial charge in [-0.15, -0.1) is 0 Å². The van der Waals surface area contributed by atoms with Crippen LogP contribution in [0.15, 0.2) is 29.1 Å². The standard InChI is InChI=1S/C19H23ClN2O2/c20-15-5-4-13-9-14(18(24)21-16(13)10-15)11-22-8-2-7-19(12-22)6-1-3-17(19)23/h4-5,9-10,17,23H,1-3,6-8,11-12H2,(H,21,24)/t17-,19-/m1/s1. The van der Waals surface area contributed by atoms with Gasteiger partial charge in [0.15, 0.2) is 0 Å². The third-order valence-corrected chi connectivity index (χ3v) is 6.06. The number of rotatable bonds is 2. The summed E-state index contributed by atoms with van der Waals surface area (Å²) in [5.41, 5.74) is 1.57. The van der Waals surface area contributed by atoms with Crippen molar-refractivity contribution < 1.29 is 5.11 Å². The van der Waals surface area contributed by atoms with Crippen molar-refractivity contribution in [1.82, 2.24) is 9.88 Å². The Labute approximate surface area is 146 Å². The van der Waals surface area contributed by atoms with Crippen molar-refractivity contribution in [3.8, 4) is 0 Å². The zero-order valence-electron chi connectivity index (χ0n) is 13.7. The summed E-state index contributed by atoms with van der Waals surface area (Å²) in [6.07, 6.45) is 5.17. The number of aliphatic hydroxyl groups excluding tert-OH is 1. The van der Waals surface area contributed by atoms with Gasteiger partial charge in [-0.3, -0.25) is 9.69 Å². The van der Waals surface area contributed by atoms with Gasteiger partial charge in [0, 0.05) is 34.6 Å². The number of aliphatic hydroxyl groups is 1. The molecule has 0 amide bonds. The summed E-state index contributed by atoms with van der Waals surface area (Å²) < 4.78 is 0. The molecule has 1 saturated carbocycles. The molecule has 2 aliphatic rings. The van der Waals surface area contributed by atoms with Crippen LogP contribution in [0.3, 0.4) is 0 Å². The Balaban J connectivity index is 1.58. The fourth-order valence-electron chi connectivity index (χ4n) is 4.57. The predicted molar refractivity (Wildman–Crippen MR) is 96.4 cm³/mol. The number of hydrogen-bond donors (Lipinski definition) is 2. The number of likely N-dealkylation sites (tertiary alicyclic amines) is 1. The van der Waals surface area contributed by atoms with Crippen molar-refractivity contribution in [3.63, 3.8) is 0 Å². The van der Waals surface area contributed by atoms with E-state index >= 15 is 0 Å². The fraction of sp³-hybridized carbons (Fsp3) is 0.526. The monoisotopic (exact) mass is 346 g/mol. The molecular weight excluding hydrogens is 324 g/mol. The Bertz CT molecular complexity index is 819. The summed E-state index contributed by atoms with van der Waals surface area (Å²) in [7, 11) is 0. The van der Waals surface area contributed by atoms with Crippen LogP contribution in [0.4, 0.5) is 0 Å². The molecule has 1 aromatic heterocycles. The fourth-order valence-corrected chi connectivity index (χ4v) is 4.74. The van der Waals surface area contributed by atoms with Crippen molar-refractivity contribution in [3.05, 3.63) is 45.2 Å². The Morgan fingerprint density at radius 2 is 2.12 bits per heavy atom. The molecule has 0 unspecified atom stereocenters. The molecular formula is C19H23ClN2O2. The highest BCUT2D eigenvalue weighted by Gasteiger charge is 2.44. The minimum Gasteiger partial charge on any atom is -0.393 e. The Kier molecular flexibility index (Phi) is 4.15. The minimum atomic E-state index is -0.183. The third-order valence-electron chi connectivity index (χ3n) is 5.83. The average Bonchev–Trinajstić information content (AvgIpc) is 2.89. The summed E-state index contributed by atoms with van der Waals surface area (Å²) in [5, 5.41) is 12.0. The van der Waals surface area contributed by atoms with Gasteiger partial charge in [0.1, 0.15) is 0 Å². The zero-order valence-corrected chi connectivity index (χ0v) is 14.5. The molecule has 1 spiro atoms. The van der Waals surface area contributed by atoms with Crippen LogP contribution in [-0.2, 0) is 6.54 Å². The van der Waals surface area contributed by atoms with Crippen LogP contribution < -0.4 is 5.56 Å². The van der Waals surface area contributed by atoms with Crippen LogP contribution in [0.25, 0.3) is 10.9 Å². The molecule has 128 valence electrons. The van der Waals surface area contributed by atoms with Crippen LogP contribution in [-0.4, -0.2) is 34.2 Å². The number of fused-ring (bicyclic) bond motifs is 1. The van der Waals surface area contributed by atoms with Crippen molar-refractivity contribution >= 4 is 22.5 Å². The largest absolute Gasteiger partial charge is 0.393 e. The Morgan fingerprint density at radius 3 is 2.92 bits per heavy atom. The molecule has 2 N–H and O–H groups in total. The van der Waals surface area contributed by atoms with Gasteiger partial charge >= 0.3 is 0 Å². The lowest BCUT2D eigenvalue weighted by atomic mass is 9.76. The van der Waals surface area contributed by atoms with Crippen molar-refractivity contribution in [2.75, 3.05) is 13.1 Å². The molecule has 24 heavy (non-hydrogen) atoms. The first-order valence-electron chi connectivity index (χ1n) is 8.78. The van der Waals surface area contributed by atoms with Gasteiger partial charge < -0.3 is 10.1 Å². The number of aromatic nitrogens is 1. The maximum absolute atomic E-state index is 12.4. The van der Waals surface area contributed by atoms with Gasteiger partial charge in [-0.25, -0.2) is 0 Å². The molecule has 4 nitrogen and oxygen atoms in total. The molecule has 5 heteroatoms. The number of pyridine rings is 1. The summed E-state index contributed by atoms with van der Waals surface area (Å²) in [6.45, 7) is 2.53. The number of nitrogens with one attached hydrogen (secondary N) is 1. The minimum absolute atomic E-state index is 0.0450. The Morgan fingerprint density at radius 1 is 1.29 bits per heavy atom. The second-order valence-corrected chi connectivity index (χ2v) is 7.88. The topological polar surface area (TPSA) is 56.3 Å². The average molecular weight is 347 g/mol. The number of aromatic amines is 1. The smallest absolute Gasteiger partial charge is 0.252 e. The van der Waals surface area contributed by atoms with E-state index in [-0.39, 0.29) is 17.1 Å². The maximum atomic E-state index is 12.4. The second-order valence-electron chi connectivity index (χ2n) is 7.44. The van der Waals surface area contributed by atoms with Crippen molar-refractivity contribution in [2.24, 2.45) is 5.41 Å². The van der Waals surface area contributed by atoms with Crippen LogP contribution in [0.2, 0.25) is 5.02 Å². The Hall–Kier alpha value is -1.36. The summed E-state index contributed by atoms with van der Waals surface area (Å²) in [6, 6.07) is 7.54. The van der Waals surface area contributed by atoms with E-state index in [1.54, 1.807) is 6.07 Å². The molecule has 2 aromatic rings. The van der Waals surface area contributed by atoms with E-state index in [1.807, 2.05) is 18.2 Å². The van der Waals surface area contributed by atoms with Crippen LogP contribution in [0.5, 0.6) is 0 Å². The maximum Gasteiger partial charge on any atom is 0.252 e. The number of hydrogen-bond acceptors (Lipinski definition) is 3. The lowest BCUT2D eigenvalue weighted by molar-refractivity contribution is -0.0121. The number of benzene rings is 1. The van der Waals surface area contributed by atoms with E-state index in [4.69, 9.17) is 11.6 Å². The summed E-state index contributed by atoms with van der Waals surface area (Å²) in [5.74, 6) is 0. The molecule has 0 radical (unpaired) electrons. The van der Waals surface area contributed by atoms with Crippen LogP contribution in [0.1, 0.15) is 37.7 Å². The molecule has 4 rings (SSSR count). The van der Waals surface area contributed by atoms with Gasteiger partial charge in [0.2, 0.25) is 0 Å². The first kappa shape index (κ1) is 16.1. The highest BCUT2D eigenvalue weighted by Crippen LogP contribution is 2.45. The van der Waals surface area contributed by atoms with Crippen LogP contribution in [0, 0.1) is 5.41 Å². The van der Waals surface area contributed by atoms with Crippen molar-refractivity contribution in [1.29, 1.82) is 0 Å². The van der Waals surface area contributed by atoms with Gasteiger partial charge in [0.05, 0.1) is 6.10 Å². The molecule has 1 saturated heterocycles. The second kappa shape index (κ2) is 6.17. The third kappa shape index (κ3) is 2.87. The van der Waals surface area contributed by atoms with E-state index < -0.39 is 0 Å². The normalized spacial score (nSPS) is 28.0. The van der Waals surface area contributed by atoms with E-state index in [1.165, 1.54) is 0 Å². The molecule has 1 aliphatic carbocycles. The van der Waals surface area contributed by atoms with E-state index in [2.05, 4.69) is 9.88 Å². The molecule has 0 bridgehead atoms. The number of halogens is 1. The predicted octanol–water partition coefficient (Wildman–Crippen LogP) is 3.31. The van der Waals surface area contributed by atoms with Gasteiger partial charge in [0.25, 0.3) is 5.56 Å². The zero-order chi connectivity index (χ0) is 16.7. The van der Waals surface area contributed by atoms with E-state index in [0.29, 0.717) is 11.6 Å². The first-order valence-corrected chi connectivity index (χ1v) is 9.15. The molecule has 1 aliphatic heterocycles. The summed E-state index contributed by atoms with van der Waals surface area (Å²) >= 11 is 6.00. The SMILES string of the molecule is O=c1[nH]c2cc(Cl)ccc2cc1CN1CCC[C@]2(CCC[C@H]2O)C1. The lowest BCUT2D eigenvalue weighted by Gasteiger charge is -2.42. The molecule has 2 atom stereocenters. The van der Waals surface area contributed by atoms with Gasteiger partial charge in [-0.1, -0.05) is 24.1 Å². The van der Waals surface area contributed by atoms with Crippen LogP contribution >= 0.6 is 11.6 Å². The number of H-pyrrole nitrogens is 1. The van der Waals surface area contributed by atoms with E-state index in [9.17, 15) is 9.90 Å². The molecule has 1 aromatic carbocycles. The lowest BCUT2D eigenvalue weighted by Crippen LogP contribution is -2.47. The number of piperidine rings is 1. The van der Waals surface area contributed by atoms with Crippen molar-refractivity contribution in [2.45, 2.75) is 44.8 Å². The molecule has 2 heterocycles. The van der Waals surface area contributed by atoms with E-state index in [0.717, 1.165) is 61.7 Å². The van der Waals surface area contributed by atoms with Gasteiger partial charge in [-0.2, -0.15) is 0 Å². The quantitative estimate of drug-likeness (QED) is 0.877. The summed E-state index contributed by atoms with van der Waals surface area (Å²) in [4.78, 5) is 17.7. The molecule has 2 fully saturated rings. The highest BCUT2D eigenvalue weighted by molar-refractivity contribution is 6.31. The van der Waals surface area contributed by atoms with Gasteiger partial charge in [-0.05, 0) is 55.8 Å². The highest BCUT2D eigenvalue weighted by atomic mass is 35.5. The first-order chi connectivity index (χ1) is 11.6.